The second kappa shape index (κ2) is 8.53. The highest BCUT2D eigenvalue weighted by molar-refractivity contribution is 6.10. The van der Waals surface area contributed by atoms with Gasteiger partial charge in [-0.2, -0.15) is 0 Å². The Hall–Kier alpha value is -5.49. The van der Waals surface area contributed by atoms with Gasteiger partial charge < -0.3 is 13.4 Å². The third kappa shape index (κ3) is 3.46. The molecule has 0 saturated carbocycles. The maximum Gasteiger partial charge on any atom is 0.228 e. The van der Waals surface area contributed by atoms with Gasteiger partial charge in [0.15, 0.2) is 5.58 Å². The highest BCUT2D eigenvalue weighted by Crippen LogP contribution is 2.37. The molecule has 0 spiro atoms. The number of aromatic nitrogens is 4. The molecule has 4 heterocycles. The van der Waals surface area contributed by atoms with Gasteiger partial charge in [-0.3, -0.25) is 4.98 Å². The van der Waals surface area contributed by atoms with Crippen molar-refractivity contribution in [2.45, 2.75) is 0 Å². The SMILES string of the molecule is c1cc(-c2ncccc2-c2ncco2)cc(-n2c3ccccc3c3ccc(-c4nc5ccccc5o4)cc32)c1. The molecule has 39 heavy (non-hydrogen) atoms. The summed E-state index contributed by atoms with van der Waals surface area (Å²) < 4.78 is 14.0. The quantitative estimate of drug-likeness (QED) is 0.241. The lowest BCUT2D eigenvalue weighted by molar-refractivity contribution is 0.574. The average Bonchev–Trinajstić information content (AvgIpc) is 3.75. The van der Waals surface area contributed by atoms with Gasteiger partial charge in [0.05, 0.1) is 28.5 Å². The number of nitrogens with zero attached hydrogens (tertiary/aromatic N) is 4. The summed E-state index contributed by atoms with van der Waals surface area (Å²) in [5.74, 6) is 1.15. The van der Waals surface area contributed by atoms with Crippen LogP contribution in [0.25, 0.3) is 72.8 Å². The van der Waals surface area contributed by atoms with Gasteiger partial charge in [0, 0.05) is 33.8 Å². The van der Waals surface area contributed by atoms with E-state index in [0.717, 1.165) is 55.6 Å². The predicted molar refractivity (Wildman–Crippen MR) is 153 cm³/mol. The fourth-order valence-corrected chi connectivity index (χ4v) is 5.33. The molecule has 4 aromatic heterocycles. The van der Waals surface area contributed by atoms with Crippen LogP contribution in [0.15, 0.2) is 131 Å². The Labute approximate surface area is 222 Å². The number of para-hydroxylation sites is 3. The summed E-state index contributed by atoms with van der Waals surface area (Å²) in [4.78, 5) is 13.8. The first-order valence-corrected chi connectivity index (χ1v) is 12.7. The van der Waals surface area contributed by atoms with Gasteiger partial charge >= 0.3 is 0 Å². The summed E-state index contributed by atoms with van der Waals surface area (Å²) >= 11 is 0. The number of rotatable bonds is 4. The number of fused-ring (bicyclic) bond motifs is 4. The van der Waals surface area contributed by atoms with Crippen molar-refractivity contribution in [3.05, 3.63) is 122 Å². The summed E-state index contributed by atoms with van der Waals surface area (Å²) in [5.41, 5.74) is 8.40. The van der Waals surface area contributed by atoms with Crippen molar-refractivity contribution >= 4 is 32.9 Å². The maximum absolute atomic E-state index is 6.10. The molecule has 0 unspecified atom stereocenters. The van der Waals surface area contributed by atoms with Crippen LogP contribution in [0, 0.1) is 0 Å². The zero-order chi connectivity index (χ0) is 25.8. The first kappa shape index (κ1) is 21.6. The van der Waals surface area contributed by atoms with Gasteiger partial charge in [-0.25, -0.2) is 9.97 Å². The standard InChI is InChI=1S/C33H20N4O2/c1-3-12-28-24(9-1)25-15-14-22(32-36-27-11-2-4-13-30(27)39-32)20-29(25)37(28)23-8-5-7-21(19-23)31-26(10-6-16-34-31)33-35-17-18-38-33/h1-20H. The lowest BCUT2D eigenvalue weighted by atomic mass is 10.0. The van der Waals surface area contributed by atoms with Crippen LogP contribution in [0.2, 0.25) is 0 Å². The van der Waals surface area contributed by atoms with E-state index in [2.05, 4.69) is 76.3 Å². The number of oxazole rings is 2. The molecular formula is C33H20N4O2. The van der Waals surface area contributed by atoms with Gasteiger partial charge in [0.25, 0.3) is 0 Å². The summed E-state index contributed by atoms with van der Waals surface area (Å²) in [6, 6.07) is 35.0. The Morgan fingerprint density at radius 3 is 2.44 bits per heavy atom. The van der Waals surface area contributed by atoms with Crippen LogP contribution in [0.1, 0.15) is 0 Å². The molecular weight excluding hydrogens is 484 g/mol. The molecule has 0 atom stereocenters. The van der Waals surface area contributed by atoms with E-state index < -0.39 is 0 Å². The molecule has 8 aromatic rings. The third-order valence-electron chi connectivity index (χ3n) is 7.06. The van der Waals surface area contributed by atoms with E-state index in [1.165, 1.54) is 5.39 Å². The largest absolute Gasteiger partial charge is 0.444 e. The van der Waals surface area contributed by atoms with Gasteiger partial charge in [-0.1, -0.05) is 48.5 Å². The van der Waals surface area contributed by atoms with Crippen molar-refractivity contribution in [3.8, 4) is 39.9 Å². The highest BCUT2D eigenvalue weighted by atomic mass is 16.3. The first-order valence-electron chi connectivity index (χ1n) is 12.7. The molecule has 0 aliphatic rings. The third-order valence-corrected chi connectivity index (χ3v) is 7.06. The molecule has 4 aromatic carbocycles. The minimum Gasteiger partial charge on any atom is -0.444 e. The van der Waals surface area contributed by atoms with E-state index in [1.54, 1.807) is 18.7 Å². The molecule has 0 amide bonds. The topological polar surface area (TPSA) is 69.9 Å². The lowest BCUT2D eigenvalue weighted by Crippen LogP contribution is -1.96. The molecule has 6 nitrogen and oxygen atoms in total. The van der Waals surface area contributed by atoms with E-state index in [-0.39, 0.29) is 0 Å². The van der Waals surface area contributed by atoms with Crippen molar-refractivity contribution in [2.24, 2.45) is 0 Å². The van der Waals surface area contributed by atoms with Crippen molar-refractivity contribution in [2.75, 3.05) is 0 Å². The fourth-order valence-electron chi connectivity index (χ4n) is 5.33. The average molecular weight is 505 g/mol. The summed E-state index contributed by atoms with van der Waals surface area (Å²) in [5, 5.41) is 2.34. The minimum atomic E-state index is 0.545. The number of pyridine rings is 1. The van der Waals surface area contributed by atoms with E-state index in [1.807, 2.05) is 36.4 Å². The van der Waals surface area contributed by atoms with Crippen LogP contribution in [-0.4, -0.2) is 19.5 Å². The smallest absolute Gasteiger partial charge is 0.228 e. The summed E-state index contributed by atoms with van der Waals surface area (Å²) in [7, 11) is 0. The van der Waals surface area contributed by atoms with E-state index in [0.29, 0.717) is 11.8 Å². The second-order valence-electron chi connectivity index (χ2n) is 9.36. The van der Waals surface area contributed by atoms with E-state index in [4.69, 9.17) is 18.8 Å². The normalized spacial score (nSPS) is 11.6. The Bertz CT molecular complexity index is 2100. The molecule has 0 fully saturated rings. The van der Waals surface area contributed by atoms with Crippen LogP contribution in [0.5, 0.6) is 0 Å². The van der Waals surface area contributed by atoms with Gasteiger partial charge in [0.2, 0.25) is 11.8 Å². The Kier molecular flexibility index (Phi) is 4.72. The number of hydrogen-bond acceptors (Lipinski definition) is 5. The minimum absolute atomic E-state index is 0.545. The summed E-state index contributed by atoms with van der Waals surface area (Å²) in [6.07, 6.45) is 5.02. The predicted octanol–water partition coefficient (Wildman–Crippen LogP) is 8.31. The van der Waals surface area contributed by atoms with Crippen molar-refractivity contribution < 1.29 is 8.83 Å². The maximum atomic E-state index is 6.10. The van der Waals surface area contributed by atoms with Gasteiger partial charge in [-0.15, -0.1) is 0 Å². The summed E-state index contributed by atoms with van der Waals surface area (Å²) in [6.45, 7) is 0. The van der Waals surface area contributed by atoms with Crippen LogP contribution < -0.4 is 0 Å². The lowest BCUT2D eigenvalue weighted by Gasteiger charge is -2.11. The van der Waals surface area contributed by atoms with Crippen LogP contribution >= 0.6 is 0 Å². The highest BCUT2D eigenvalue weighted by Gasteiger charge is 2.17. The molecule has 0 N–H and O–H groups in total. The second-order valence-corrected chi connectivity index (χ2v) is 9.36. The van der Waals surface area contributed by atoms with Crippen LogP contribution in [0.3, 0.4) is 0 Å². The fraction of sp³-hybridized carbons (Fsp3) is 0. The van der Waals surface area contributed by atoms with Crippen molar-refractivity contribution in [3.63, 3.8) is 0 Å². The zero-order valence-electron chi connectivity index (χ0n) is 20.7. The first-order chi connectivity index (χ1) is 19.3. The van der Waals surface area contributed by atoms with E-state index >= 15 is 0 Å². The number of hydrogen-bond donors (Lipinski definition) is 0. The molecule has 0 saturated heterocycles. The number of benzene rings is 4. The molecule has 6 heteroatoms. The molecule has 0 radical (unpaired) electrons. The molecule has 0 aliphatic heterocycles. The van der Waals surface area contributed by atoms with Crippen LogP contribution in [0.4, 0.5) is 0 Å². The van der Waals surface area contributed by atoms with Gasteiger partial charge in [0.1, 0.15) is 11.8 Å². The molecule has 8 rings (SSSR count). The zero-order valence-corrected chi connectivity index (χ0v) is 20.7. The monoisotopic (exact) mass is 504 g/mol. The van der Waals surface area contributed by atoms with Crippen molar-refractivity contribution in [1.82, 2.24) is 19.5 Å². The van der Waals surface area contributed by atoms with Crippen molar-refractivity contribution in [1.29, 1.82) is 0 Å². The van der Waals surface area contributed by atoms with Crippen LogP contribution in [-0.2, 0) is 0 Å². The van der Waals surface area contributed by atoms with Gasteiger partial charge in [-0.05, 0) is 54.6 Å². The molecule has 184 valence electrons. The molecule has 0 aliphatic carbocycles. The Morgan fingerprint density at radius 1 is 0.615 bits per heavy atom. The Balaban J connectivity index is 1.35. The van der Waals surface area contributed by atoms with E-state index in [9.17, 15) is 0 Å². The molecule has 0 bridgehead atoms. The Morgan fingerprint density at radius 2 is 1.51 bits per heavy atom.